The number of rotatable bonds is 2. The third-order valence-electron chi connectivity index (χ3n) is 3.76. The van der Waals surface area contributed by atoms with E-state index >= 15 is 0 Å². The largest absolute Gasteiger partial charge is 0.386 e. The maximum Gasteiger partial charge on any atom is 0.103 e. The van der Waals surface area contributed by atoms with Crippen molar-refractivity contribution in [1.82, 2.24) is 0 Å². The first kappa shape index (κ1) is 13.6. The molecular formula is C16H24O2. The van der Waals surface area contributed by atoms with Crippen molar-refractivity contribution in [3.63, 3.8) is 0 Å². The Balaban J connectivity index is 2.58. The molecular weight excluding hydrogens is 224 g/mol. The summed E-state index contributed by atoms with van der Waals surface area (Å²) >= 11 is 0. The van der Waals surface area contributed by atoms with E-state index in [9.17, 15) is 5.11 Å². The number of ether oxygens (including phenoxy) is 1. The Labute approximate surface area is 110 Å². The Morgan fingerprint density at radius 1 is 1.17 bits per heavy atom. The Morgan fingerprint density at radius 2 is 1.89 bits per heavy atom. The van der Waals surface area contributed by atoms with Crippen molar-refractivity contribution < 1.29 is 9.84 Å². The molecule has 1 atom stereocenters. The third kappa shape index (κ3) is 2.60. The predicted octanol–water partition coefficient (Wildman–Crippen LogP) is 3.54. The van der Waals surface area contributed by atoms with Gasteiger partial charge in [0, 0.05) is 0 Å². The highest BCUT2D eigenvalue weighted by Crippen LogP contribution is 2.33. The van der Waals surface area contributed by atoms with Crippen LogP contribution < -0.4 is 0 Å². The molecule has 0 spiro atoms. The van der Waals surface area contributed by atoms with Crippen LogP contribution >= 0.6 is 0 Å². The van der Waals surface area contributed by atoms with Gasteiger partial charge in [-0.1, -0.05) is 39.8 Å². The van der Waals surface area contributed by atoms with E-state index in [1.807, 2.05) is 0 Å². The minimum absolute atomic E-state index is 0.423. The number of aliphatic hydroxyl groups is 1. The molecule has 1 aromatic rings. The maximum atomic E-state index is 10.2. The van der Waals surface area contributed by atoms with Crippen molar-refractivity contribution in [2.24, 2.45) is 0 Å². The molecule has 0 saturated heterocycles. The molecule has 1 aliphatic heterocycles. The second kappa shape index (κ2) is 5.41. The molecule has 1 heterocycles. The van der Waals surface area contributed by atoms with Gasteiger partial charge in [-0.3, -0.25) is 0 Å². The second-order valence-corrected chi connectivity index (χ2v) is 5.83. The zero-order valence-electron chi connectivity index (χ0n) is 11.9. The van der Waals surface area contributed by atoms with E-state index in [0.717, 1.165) is 12.0 Å². The predicted molar refractivity (Wildman–Crippen MR) is 74.1 cm³/mol. The monoisotopic (exact) mass is 248 g/mol. The van der Waals surface area contributed by atoms with Gasteiger partial charge in [-0.2, -0.15) is 0 Å². The molecule has 0 amide bonds. The minimum Gasteiger partial charge on any atom is -0.386 e. The average molecular weight is 248 g/mol. The van der Waals surface area contributed by atoms with E-state index in [-0.39, 0.29) is 0 Å². The fourth-order valence-corrected chi connectivity index (χ4v) is 2.64. The molecule has 0 saturated carbocycles. The van der Waals surface area contributed by atoms with Gasteiger partial charge in [0.25, 0.3) is 0 Å². The molecule has 1 aliphatic rings. The van der Waals surface area contributed by atoms with Gasteiger partial charge in [0.05, 0.1) is 13.2 Å². The molecule has 2 heteroatoms. The molecule has 1 aromatic carbocycles. The zero-order valence-corrected chi connectivity index (χ0v) is 11.9. The second-order valence-electron chi connectivity index (χ2n) is 5.83. The Kier molecular flexibility index (Phi) is 4.08. The van der Waals surface area contributed by atoms with Gasteiger partial charge in [0.15, 0.2) is 0 Å². The van der Waals surface area contributed by atoms with Crippen LogP contribution in [-0.4, -0.2) is 18.3 Å². The molecule has 0 fully saturated rings. The highest BCUT2D eigenvalue weighted by molar-refractivity contribution is 5.43. The third-order valence-corrected chi connectivity index (χ3v) is 3.76. The quantitative estimate of drug-likeness (QED) is 0.867. The van der Waals surface area contributed by atoms with E-state index in [0.29, 0.717) is 25.0 Å². The summed E-state index contributed by atoms with van der Waals surface area (Å²) in [6, 6.07) is 4.48. The summed E-state index contributed by atoms with van der Waals surface area (Å²) in [4.78, 5) is 0. The molecule has 0 aliphatic carbocycles. The van der Waals surface area contributed by atoms with Gasteiger partial charge < -0.3 is 9.84 Å². The summed E-state index contributed by atoms with van der Waals surface area (Å²) < 4.78 is 5.47. The number of benzene rings is 1. The molecule has 0 aromatic heterocycles. The molecule has 1 N–H and O–H groups in total. The molecule has 18 heavy (non-hydrogen) atoms. The van der Waals surface area contributed by atoms with Crippen LogP contribution in [-0.2, 0) is 11.2 Å². The van der Waals surface area contributed by atoms with Gasteiger partial charge in [-0.15, -0.1) is 0 Å². The van der Waals surface area contributed by atoms with Crippen molar-refractivity contribution in [2.45, 2.75) is 52.1 Å². The van der Waals surface area contributed by atoms with E-state index < -0.39 is 6.10 Å². The van der Waals surface area contributed by atoms with Gasteiger partial charge in [0.1, 0.15) is 6.10 Å². The van der Waals surface area contributed by atoms with Crippen molar-refractivity contribution in [3.8, 4) is 0 Å². The summed E-state index contributed by atoms with van der Waals surface area (Å²) in [5.74, 6) is 0.979. The molecule has 1 unspecified atom stereocenters. The van der Waals surface area contributed by atoms with Crippen LogP contribution in [0, 0.1) is 0 Å². The Hall–Kier alpha value is -0.860. The SMILES string of the molecule is CC(C)c1cc(C(C)C)c2c(c1)C(O)COCC2. The number of hydrogen-bond acceptors (Lipinski definition) is 2. The van der Waals surface area contributed by atoms with Crippen LogP contribution in [0.5, 0.6) is 0 Å². The van der Waals surface area contributed by atoms with Gasteiger partial charge in [-0.05, 0) is 40.5 Å². The first-order valence-corrected chi connectivity index (χ1v) is 6.93. The lowest BCUT2D eigenvalue weighted by molar-refractivity contribution is 0.0451. The summed E-state index contributed by atoms with van der Waals surface area (Å²) in [7, 11) is 0. The lowest BCUT2D eigenvalue weighted by atomic mass is 9.85. The van der Waals surface area contributed by atoms with Crippen molar-refractivity contribution in [1.29, 1.82) is 0 Å². The van der Waals surface area contributed by atoms with Gasteiger partial charge >= 0.3 is 0 Å². The molecule has 100 valence electrons. The highest BCUT2D eigenvalue weighted by atomic mass is 16.5. The Bertz CT molecular complexity index is 421. The first-order chi connectivity index (χ1) is 8.50. The van der Waals surface area contributed by atoms with Crippen LogP contribution in [0.1, 0.15) is 67.9 Å². The minimum atomic E-state index is -0.473. The molecule has 2 nitrogen and oxygen atoms in total. The molecule has 0 bridgehead atoms. The van der Waals surface area contributed by atoms with Crippen LogP contribution in [0.4, 0.5) is 0 Å². The summed E-state index contributed by atoms with van der Waals surface area (Å²) in [6.45, 7) is 9.98. The fourth-order valence-electron chi connectivity index (χ4n) is 2.64. The molecule has 2 rings (SSSR count). The summed E-state index contributed by atoms with van der Waals surface area (Å²) in [5.41, 5.74) is 5.08. The highest BCUT2D eigenvalue weighted by Gasteiger charge is 2.22. The lowest BCUT2D eigenvalue weighted by Crippen LogP contribution is -2.08. The van der Waals surface area contributed by atoms with Crippen LogP contribution in [0.3, 0.4) is 0 Å². The molecule has 0 radical (unpaired) electrons. The van der Waals surface area contributed by atoms with E-state index in [4.69, 9.17) is 4.74 Å². The number of aliphatic hydroxyl groups excluding tert-OH is 1. The van der Waals surface area contributed by atoms with Crippen molar-refractivity contribution in [2.75, 3.05) is 13.2 Å². The topological polar surface area (TPSA) is 29.5 Å². The number of fused-ring (bicyclic) bond motifs is 1. The van der Waals surface area contributed by atoms with Crippen LogP contribution in [0.2, 0.25) is 0 Å². The summed E-state index contributed by atoms with van der Waals surface area (Å²) in [6.07, 6.45) is 0.442. The lowest BCUT2D eigenvalue weighted by Gasteiger charge is -2.21. The smallest absolute Gasteiger partial charge is 0.103 e. The van der Waals surface area contributed by atoms with Crippen molar-refractivity contribution >= 4 is 0 Å². The standard InChI is InChI=1S/C16H24O2/c1-10(2)12-7-14(11(3)4)13-5-6-18-9-16(17)15(13)8-12/h7-8,10-11,16-17H,5-6,9H2,1-4H3. The fraction of sp³-hybridized carbons (Fsp3) is 0.625. The Morgan fingerprint density at radius 3 is 2.50 bits per heavy atom. The zero-order chi connectivity index (χ0) is 13.3. The maximum absolute atomic E-state index is 10.2. The van der Waals surface area contributed by atoms with E-state index in [1.165, 1.54) is 16.7 Å². The normalized spacial score (nSPS) is 20.1. The number of hydrogen-bond donors (Lipinski definition) is 1. The average Bonchev–Trinajstić information content (AvgIpc) is 2.50. The van der Waals surface area contributed by atoms with E-state index in [2.05, 4.69) is 39.8 Å². The first-order valence-electron chi connectivity index (χ1n) is 6.93. The summed E-state index contributed by atoms with van der Waals surface area (Å²) in [5, 5.41) is 10.2. The van der Waals surface area contributed by atoms with Gasteiger partial charge in [0.2, 0.25) is 0 Å². The van der Waals surface area contributed by atoms with Crippen LogP contribution in [0.15, 0.2) is 12.1 Å². The van der Waals surface area contributed by atoms with Gasteiger partial charge in [-0.25, -0.2) is 0 Å². The van der Waals surface area contributed by atoms with Crippen LogP contribution in [0.25, 0.3) is 0 Å². The van der Waals surface area contributed by atoms with Crippen molar-refractivity contribution in [3.05, 3.63) is 34.4 Å². The van der Waals surface area contributed by atoms with E-state index in [1.54, 1.807) is 0 Å².